The molecule has 1 amide bonds. The fraction of sp³-hybridized carbons (Fsp3) is 0.316. The first-order valence-electron chi connectivity index (χ1n) is 8.21. The molecule has 7 heteroatoms. The zero-order chi connectivity index (χ0) is 17.8. The molecule has 3 rings (SSSR count). The van der Waals surface area contributed by atoms with Gasteiger partial charge in [0.1, 0.15) is 12.4 Å². The summed E-state index contributed by atoms with van der Waals surface area (Å²) >= 11 is 0. The molecule has 6 nitrogen and oxygen atoms in total. The summed E-state index contributed by atoms with van der Waals surface area (Å²) in [6, 6.07) is 12.8. The third kappa shape index (κ3) is 4.80. The predicted molar refractivity (Wildman–Crippen MR) is 102 cm³/mol. The average Bonchev–Trinajstić information content (AvgIpc) is 3.07. The largest absolute Gasteiger partial charge is 0.489 e. The summed E-state index contributed by atoms with van der Waals surface area (Å²) in [4.78, 5) is 12.1. The molecular formula is C19H23ClN2O4. The normalized spacial score (nSPS) is 14.1. The SMILES string of the molecule is CC(N)C(C)C(=O)Nc1cccc(COc2ccc3c(c2)OCO3)c1.Cl. The molecule has 2 atom stereocenters. The minimum absolute atomic E-state index is 0. The number of halogens is 1. The molecule has 1 heterocycles. The lowest BCUT2D eigenvalue weighted by Gasteiger charge is -2.16. The first kappa shape index (κ1) is 19.9. The maximum Gasteiger partial charge on any atom is 0.231 e. The molecule has 2 aromatic carbocycles. The van der Waals surface area contributed by atoms with Crippen molar-refractivity contribution in [2.45, 2.75) is 26.5 Å². The van der Waals surface area contributed by atoms with Crippen LogP contribution in [-0.2, 0) is 11.4 Å². The Morgan fingerprint density at radius 2 is 1.96 bits per heavy atom. The van der Waals surface area contributed by atoms with Crippen LogP contribution in [0.25, 0.3) is 0 Å². The average molecular weight is 379 g/mol. The molecule has 0 aliphatic carbocycles. The van der Waals surface area contributed by atoms with Gasteiger partial charge in [-0.3, -0.25) is 4.79 Å². The van der Waals surface area contributed by atoms with Gasteiger partial charge in [-0.25, -0.2) is 0 Å². The van der Waals surface area contributed by atoms with E-state index in [-0.39, 0.29) is 37.1 Å². The fourth-order valence-electron chi connectivity index (χ4n) is 2.37. The van der Waals surface area contributed by atoms with Gasteiger partial charge in [-0.2, -0.15) is 0 Å². The maximum atomic E-state index is 12.1. The summed E-state index contributed by atoms with van der Waals surface area (Å²) in [6.07, 6.45) is 0. The second-order valence-corrected chi connectivity index (χ2v) is 6.14. The van der Waals surface area contributed by atoms with Crippen LogP contribution in [0.5, 0.6) is 17.2 Å². The van der Waals surface area contributed by atoms with Crippen LogP contribution in [0.3, 0.4) is 0 Å². The number of anilines is 1. The monoisotopic (exact) mass is 378 g/mol. The first-order chi connectivity index (χ1) is 12.0. The quantitative estimate of drug-likeness (QED) is 0.805. The van der Waals surface area contributed by atoms with Crippen LogP contribution >= 0.6 is 12.4 Å². The first-order valence-corrected chi connectivity index (χ1v) is 8.21. The molecule has 0 saturated carbocycles. The fourth-order valence-corrected chi connectivity index (χ4v) is 2.37. The zero-order valence-electron chi connectivity index (χ0n) is 14.7. The molecule has 0 fully saturated rings. The Labute approximate surface area is 159 Å². The highest BCUT2D eigenvalue weighted by molar-refractivity contribution is 5.92. The number of hydrogen-bond acceptors (Lipinski definition) is 5. The van der Waals surface area contributed by atoms with Crippen LogP contribution in [0.1, 0.15) is 19.4 Å². The van der Waals surface area contributed by atoms with Crippen LogP contribution < -0.4 is 25.3 Å². The molecule has 1 aliphatic rings. The number of carbonyl (C=O) groups excluding carboxylic acids is 1. The number of amides is 1. The molecule has 0 saturated heterocycles. The molecule has 140 valence electrons. The lowest BCUT2D eigenvalue weighted by atomic mass is 10.0. The van der Waals surface area contributed by atoms with Crippen LogP contribution in [-0.4, -0.2) is 18.7 Å². The predicted octanol–water partition coefficient (Wildman–Crippen LogP) is 3.34. The summed E-state index contributed by atoms with van der Waals surface area (Å²) in [7, 11) is 0. The number of ether oxygens (including phenoxy) is 3. The number of hydrogen-bond donors (Lipinski definition) is 2. The standard InChI is InChI=1S/C19H22N2O4.ClH/c1-12(13(2)20)19(22)21-15-5-3-4-14(8-15)10-23-16-6-7-17-18(9-16)25-11-24-17;/h3-9,12-13H,10-11,20H2,1-2H3,(H,21,22);1H. The van der Waals surface area contributed by atoms with Gasteiger partial charge in [-0.05, 0) is 36.8 Å². The van der Waals surface area contributed by atoms with E-state index >= 15 is 0 Å². The topological polar surface area (TPSA) is 82.8 Å². The van der Waals surface area contributed by atoms with Gasteiger partial charge in [0.05, 0.1) is 5.92 Å². The van der Waals surface area contributed by atoms with Crippen molar-refractivity contribution in [2.75, 3.05) is 12.1 Å². The van der Waals surface area contributed by atoms with E-state index in [2.05, 4.69) is 5.32 Å². The Morgan fingerprint density at radius 1 is 1.19 bits per heavy atom. The highest BCUT2D eigenvalue weighted by Gasteiger charge is 2.17. The van der Waals surface area contributed by atoms with Crippen molar-refractivity contribution < 1.29 is 19.0 Å². The second kappa shape index (κ2) is 8.78. The molecule has 1 aliphatic heterocycles. The van der Waals surface area contributed by atoms with E-state index in [4.69, 9.17) is 19.9 Å². The number of nitrogens with one attached hydrogen (secondary N) is 1. The third-order valence-electron chi connectivity index (χ3n) is 4.15. The van der Waals surface area contributed by atoms with Gasteiger partial charge in [0, 0.05) is 17.8 Å². The van der Waals surface area contributed by atoms with Gasteiger partial charge in [0.25, 0.3) is 0 Å². The number of fused-ring (bicyclic) bond motifs is 1. The lowest BCUT2D eigenvalue weighted by molar-refractivity contribution is -0.119. The van der Waals surface area contributed by atoms with Crippen molar-refractivity contribution in [2.24, 2.45) is 11.7 Å². The van der Waals surface area contributed by atoms with Crippen molar-refractivity contribution in [1.29, 1.82) is 0 Å². The minimum atomic E-state index is -0.256. The maximum absolute atomic E-state index is 12.1. The van der Waals surface area contributed by atoms with Crippen molar-refractivity contribution in [3.63, 3.8) is 0 Å². The highest BCUT2D eigenvalue weighted by atomic mass is 35.5. The van der Waals surface area contributed by atoms with E-state index < -0.39 is 0 Å². The van der Waals surface area contributed by atoms with Crippen LogP contribution in [0.2, 0.25) is 0 Å². The molecule has 26 heavy (non-hydrogen) atoms. The Kier molecular flexibility index (Phi) is 6.71. The summed E-state index contributed by atoms with van der Waals surface area (Å²) in [5.41, 5.74) is 7.45. The molecule has 2 aromatic rings. The van der Waals surface area contributed by atoms with Crippen molar-refractivity contribution in [3.05, 3.63) is 48.0 Å². The van der Waals surface area contributed by atoms with Gasteiger partial charge in [0.2, 0.25) is 12.7 Å². The summed E-state index contributed by atoms with van der Waals surface area (Å²) in [5.74, 6) is 1.75. The lowest BCUT2D eigenvalue weighted by Crippen LogP contribution is -2.34. The van der Waals surface area contributed by atoms with Gasteiger partial charge in [-0.1, -0.05) is 19.1 Å². The van der Waals surface area contributed by atoms with E-state index in [1.54, 1.807) is 6.07 Å². The summed E-state index contributed by atoms with van der Waals surface area (Å²) in [6.45, 7) is 4.25. The Bertz CT molecular complexity index is 767. The number of carbonyl (C=O) groups is 1. The summed E-state index contributed by atoms with van der Waals surface area (Å²) in [5, 5.41) is 2.88. The van der Waals surface area contributed by atoms with Crippen molar-refractivity contribution >= 4 is 24.0 Å². The van der Waals surface area contributed by atoms with E-state index in [9.17, 15) is 4.79 Å². The number of rotatable bonds is 6. The van der Waals surface area contributed by atoms with Crippen molar-refractivity contribution in [1.82, 2.24) is 0 Å². The highest BCUT2D eigenvalue weighted by Crippen LogP contribution is 2.35. The molecule has 0 aromatic heterocycles. The van der Waals surface area contributed by atoms with Crippen LogP contribution in [0, 0.1) is 5.92 Å². The molecule has 2 unspecified atom stereocenters. The second-order valence-electron chi connectivity index (χ2n) is 6.14. The smallest absolute Gasteiger partial charge is 0.231 e. The zero-order valence-corrected chi connectivity index (χ0v) is 15.5. The molecule has 3 N–H and O–H groups in total. The molecule has 0 bridgehead atoms. The van der Waals surface area contributed by atoms with Crippen LogP contribution in [0.4, 0.5) is 5.69 Å². The number of nitrogens with two attached hydrogens (primary N) is 1. The molecular weight excluding hydrogens is 356 g/mol. The van der Waals surface area contributed by atoms with Crippen molar-refractivity contribution in [3.8, 4) is 17.2 Å². The Morgan fingerprint density at radius 3 is 2.73 bits per heavy atom. The third-order valence-corrected chi connectivity index (χ3v) is 4.15. The van der Waals surface area contributed by atoms with E-state index in [0.29, 0.717) is 18.1 Å². The van der Waals surface area contributed by atoms with Gasteiger partial charge in [-0.15, -0.1) is 12.4 Å². The summed E-state index contributed by atoms with van der Waals surface area (Å²) < 4.78 is 16.4. The van der Waals surface area contributed by atoms with E-state index in [0.717, 1.165) is 17.0 Å². The Hall–Kier alpha value is -2.44. The molecule has 0 radical (unpaired) electrons. The van der Waals surface area contributed by atoms with E-state index in [1.165, 1.54) is 0 Å². The van der Waals surface area contributed by atoms with Gasteiger partial charge >= 0.3 is 0 Å². The minimum Gasteiger partial charge on any atom is -0.489 e. The van der Waals surface area contributed by atoms with Gasteiger partial charge in [0.15, 0.2) is 11.5 Å². The Balaban J connectivity index is 0.00000243. The van der Waals surface area contributed by atoms with E-state index in [1.807, 2.05) is 50.2 Å². The number of benzene rings is 2. The molecule has 0 spiro atoms. The van der Waals surface area contributed by atoms with Gasteiger partial charge < -0.3 is 25.3 Å². The van der Waals surface area contributed by atoms with Crippen LogP contribution in [0.15, 0.2) is 42.5 Å².